The van der Waals surface area contributed by atoms with Gasteiger partial charge in [0.15, 0.2) is 0 Å². The molecule has 0 saturated heterocycles. The zero-order valence-electron chi connectivity index (χ0n) is 10.5. The number of ether oxygens (including phenoxy) is 2. The number of hydrogen-bond acceptors (Lipinski definition) is 3. The lowest BCUT2D eigenvalue weighted by molar-refractivity contribution is -0.138. The molecule has 0 fully saturated rings. The summed E-state index contributed by atoms with van der Waals surface area (Å²) in [4.78, 5) is 11.5. The van der Waals surface area contributed by atoms with Crippen molar-refractivity contribution in [2.45, 2.75) is 20.8 Å². The molecule has 17 heavy (non-hydrogen) atoms. The summed E-state index contributed by atoms with van der Waals surface area (Å²) < 4.78 is 10.4. The van der Waals surface area contributed by atoms with Crippen molar-refractivity contribution in [2.24, 2.45) is 0 Å². The van der Waals surface area contributed by atoms with Gasteiger partial charge in [-0.25, -0.2) is 4.79 Å². The first-order valence-electron chi connectivity index (χ1n) is 5.76. The van der Waals surface area contributed by atoms with Crippen LogP contribution in [0.2, 0.25) is 0 Å². The van der Waals surface area contributed by atoms with Crippen LogP contribution in [0.25, 0.3) is 6.08 Å². The van der Waals surface area contributed by atoms with Gasteiger partial charge in [0.1, 0.15) is 5.75 Å². The predicted molar refractivity (Wildman–Crippen MR) is 67.9 cm³/mol. The van der Waals surface area contributed by atoms with Gasteiger partial charge < -0.3 is 9.47 Å². The fraction of sp³-hybridized carbons (Fsp3) is 0.357. The van der Waals surface area contributed by atoms with Crippen LogP contribution in [0, 0.1) is 0 Å². The third kappa shape index (κ3) is 3.94. The predicted octanol–water partition coefficient (Wildman–Crippen LogP) is 3.05. The van der Waals surface area contributed by atoms with E-state index in [9.17, 15) is 4.79 Å². The zero-order chi connectivity index (χ0) is 12.7. The molecular formula is C14H18O3. The first-order valence-corrected chi connectivity index (χ1v) is 5.76. The highest BCUT2D eigenvalue weighted by Gasteiger charge is 2.06. The molecule has 0 radical (unpaired) electrons. The Balaban J connectivity index is 2.92. The molecule has 0 saturated carbocycles. The standard InChI is InChI=1S/C14H18O3/c1-4-16-13-9-7-6-8-12(13)10-11(3)14(15)17-5-2/h6-10H,4-5H2,1-3H3. The van der Waals surface area contributed by atoms with E-state index in [1.807, 2.05) is 31.2 Å². The third-order valence-electron chi connectivity index (χ3n) is 2.19. The fourth-order valence-electron chi connectivity index (χ4n) is 1.42. The van der Waals surface area contributed by atoms with Gasteiger partial charge in [0, 0.05) is 11.1 Å². The zero-order valence-corrected chi connectivity index (χ0v) is 10.5. The molecule has 0 aliphatic heterocycles. The lowest BCUT2D eigenvalue weighted by Crippen LogP contribution is -2.05. The van der Waals surface area contributed by atoms with Gasteiger partial charge >= 0.3 is 5.97 Å². The normalized spacial score (nSPS) is 11.1. The van der Waals surface area contributed by atoms with Gasteiger partial charge in [-0.2, -0.15) is 0 Å². The molecule has 0 aliphatic rings. The highest BCUT2D eigenvalue weighted by molar-refractivity contribution is 5.93. The maximum Gasteiger partial charge on any atom is 0.333 e. The molecule has 1 rings (SSSR count). The Morgan fingerprint density at radius 2 is 1.94 bits per heavy atom. The van der Waals surface area contributed by atoms with Crippen LogP contribution in [0.4, 0.5) is 0 Å². The number of carbonyl (C=O) groups is 1. The second kappa shape index (κ2) is 6.74. The van der Waals surface area contributed by atoms with Gasteiger partial charge in [-0.05, 0) is 32.9 Å². The van der Waals surface area contributed by atoms with E-state index in [4.69, 9.17) is 9.47 Å². The van der Waals surface area contributed by atoms with Crippen molar-refractivity contribution in [3.63, 3.8) is 0 Å². The molecule has 1 aromatic carbocycles. The van der Waals surface area contributed by atoms with Gasteiger partial charge in [0.2, 0.25) is 0 Å². The average Bonchev–Trinajstić information content (AvgIpc) is 2.32. The molecule has 0 N–H and O–H groups in total. The Hall–Kier alpha value is -1.77. The lowest BCUT2D eigenvalue weighted by atomic mass is 10.1. The lowest BCUT2D eigenvalue weighted by Gasteiger charge is -2.07. The first-order chi connectivity index (χ1) is 8.19. The summed E-state index contributed by atoms with van der Waals surface area (Å²) in [7, 11) is 0. The first kappa shape index (κ1) is 13.3. The number of esters is 1. The Morgan fingerprint density at radius 3 is 2.59 bits per heavy atom. The highest BCUT2D eigenvalue weighted by atomic mass is 16.5. The summed E-state index contributed by atoms with van der Waals surface area (Å²) in [6, 6.07) is 7.61. The topological polar surface area (TPSA) is 35.5 Å². The summed E-state index contributed by atoms with van der Waals surface area (Å²) in [5.41, 5.74) is 1.46. The van der Waals surface area contributed by atoms with Gasteiger partial charge in [-0.15, -0.1) is 0 Å². The molecule has 1 aromatic rings. The van der Waals surface area contributed by atoms with Crippen LogP contribution in [0.15, 0.2) is 29.8 Å². The molecule has 0 atom stereocenters. The van der Waals surface area contributed by atoms with Gasteiger partial charge in [-0.1, -0.05) is 18.2 Å². The number of benzene rings is 1. The van der Waals surface area contributed by atoms with Gasteiger partial charge in [-0.3, -0.25) is 0 Å². The number of hydrogen-bond donors (Lipinski definition) is 0. The Labute approximate surface area is 102 Å². The van der Waals surface area contributed by atoms with E-state index in [-0.39, 0.29) is 5.97 Å². The minimum Gasteiger partial charge on any atom is -0.493 e. The highest BCUT2D eigenvalue weighted by Crippen LogP contribution is 2.21. The molecule has 3 nitrogen and oxygen atoms in total. The van der Waals surface area contributed by atoms with Crippen LogP contribution in [-0.2, 0) is 9.53 Å². The van der Waals surface area contributed by atoms with Crippen molar-refractivity contribution in [2.75, 3.05) is 13.2 Å². The monoisotopic (exact) mass is 234 g/mol. The second-order valence-corrected chi connectivity index (χ2v) is 3.52. The van der Waals surface area contributed by atoms with Crippen molar-refractivity contribution >= 4 is 12.0 Å². The van der Waals surface area contributed by atoms with Gasteiger partial charge in [0.25, 0.3) is 0 Å². The fourth-order valence-corrected chi connectivity index (χ4v) is 1.42. The summed E-state index contributed by atoms with van der Waals surface area (Å²) >= 11 is 0. The smallest absolute Gasteiger partial charge is 0.333 e. The maximum atomic E-state index is 11.5. The average molecular weight is 234 g/mol. The van der Waals surface area contributed by atoms with E-state index in [0.29, 0.717) is 18.8 Å². The summed E-state index contributed by atoms with van der Waals surface area (Å²) in [5.74, 6) is 0.484. The molecule has 0 bridgehead atoms. The Bertz CT molecular complexity index is 408. The molecule has 0 unspecified atom stereocenters. The molecule has 0 amide bonds. The van der Waals surface area contributed by atoms with E-state index in [0.717, 1.165) is 11.3 Å². The van der Waals surface area contributed by atoms with Crippen LogP contribution in [0.5, 0.6) is 5.75 Å². The van der Waals surface area contributed by atoms with E-state index in [1.165, 1.54) is 0 Å². The maximum absolute atomic E-state index is 11.5. The van der Waals surface area contributed by atoms with Crippen LogP contribution < -0.4 is 4.74 Å². The van der Waals surface area contributed by atoms with Crippen LogP contribution in [0.1, 0.15) is 26.3 Å². The summed E-state index contributed by atoms with van der Waals surface area (Å²) in [6.07, 6.45) is 1.78. The van der Waals surface area contributed by atoms with E-state index >= 15 is 0 Å². The minimum atomic E-state index is -0.293. The second-order valence-electron chi connectivity index (χ2n) is 3.52. The van der Waals surface area contributed by atoms with Crippen molar-refractivity contribution in [3.05, 3.63) is 35.4 Å². The van der Waals surface area contributed by atoms with Crippen LogP contribution in [-0.4, -0.2) is 19.2 Å². The Kier molecular flexibility index (Phi) is 5.27. The number of rotatable bonds is 5. The van der Waals surface area contributed by atoms with E-state index in [1.54, 1.807) is 19.9 Å². The van der Waals surface area contributed by atoms with Gasteiger partial charge in [0.05, 0.1) is 13.2 Å². The summed E-state index contributed by atoms with van der Waals surface area (Å²) in [6.45, 7) is 6.44. The largest absolute Gasteiger partial charge is 0.493 e. The van der Waals surface area contributed by atoms with Crippen LogP contribution in [0.3, 0.4) is 0 Å². The van der Waals surface area contributed by atoms with Crippen molar-refractivity contribution in [1.82, 2.24) is 0 Å². The van der Waals surface area contributed by atoms with Crippen LogP contribution >= 0.6 is 0 Å². The summed E-state index contributed by atoms with van der Waals surface area (Å²) in [5, 5.41) is 0. The molecule has 0 aromatic heterocycles. The van der Waals surface area contributed by atoms with Crippen molar-refractivity contribution in [1.29, 1.82) is 0 Å². The number of carbonyl (C=O) groups excluding carboxylic acids is 1. The minimum absolute atomic E-state index is 0.293. The van der Waals surface area contributed by atoms with Crippen molar-refractivity contribution < 1.29 is 14.3 Å². The third-order valence-corrected chi connectivity index (χ3v) is 2.19. The van der Waals surface area contributed by atoms with E-state index in [2.05, 4.69) is 0 Å². The molecule has 92 valence electrons. The number of para-hydroxylation sites is 1. The Morgan fingerprint density at radius 1 is 1.24 bits per heavy atom. The molecule has 0 aliphatic carbocycles. The molecule has 3 heteroatoms. The molecule has 0 spiro atoms. The quantitative estimate of drug-likeness (QED) is 0.580. The SMILES string of the molecule is CCOC(=O)C(C)=Cc1ccccc1OCC. The molecule has 0 heterocycles. The van der Waals surface area contributed by atoms with E-state index < -0.39 is 0 Å². The van der Waals surface area contributed by atoms with Crippen molar-refractivity contribution in [3.8, 4) is 5.75 Å². The molecular weight excluding hydrogens is 216 g/mol.